The van der Waals surface area contributed by atoms with E-state index in [0.29, 0.717) is 37.6 Å². The van der Waals surface area contributed by atoms with Crippen molar-refractivity contribution in [2.45, 2.75) is 26.7 Å². The van der Waals surface area contributed by atoms with Gasteiger partial charge in [-0.3, -0.25) is 0 Å². The highest BCUT2D eigenvalue weighted by molar-refractivity contribution is 6.22. The number of anilines is 6. The van der Waals surface area contributed by atoms with E-state index in [1.165, 1.54) is 5.39 Å². The third-order valence-corrected chi connectivity index (χ3v) is 13.2. The molecule has 382 valence electrons. The summed E-state index contributed by atoms with van der Waals surface area (Å²) in [7, 11) is 3.36. The Labute approximate surface area is 444 Å². The van der Waals surface area contributed by atoms with Gasteiger partial charge in [-0.15, -0.1) is 0 Å². The maximum atomic E-state index is 11.6. The van der Waals surface area contributed by atoms with E-state index in [2.05, 4.69) is 146 Å². The van der Waals surface area contributed by atoms with Crippen LogP contribution in [0.3, 0.4) is 0 Å². The third kappa shape index (κ3) is 11.6. The summed E-state index contributed by atoms with van der Waals surface area (Å²) in [4.78, 5) is 27.6. The van der Waals surface area contributed by atoms with Crippen molar-refractivity contribution in [1.29, 1.82) is 0 Å². The van der Waals surface area contributed by atoms with E-state index in [0.717, 1.165) is 107 Å². The second-order valence-electron chi connectivity index (χ2n) is 18.0. The fraction of sp³-hybridized carbons (Fsp3) is 0.152. The summed E-state index contributed by atoms with van der Waals surface area (Å²) in [6, 6.07) is 63.1. The molecule has 0 atom stereocenters. The van der Waals surface area contributed by atoms with Gasteiger partial charge in [-0.1, -0.05) is 73.8 Å². The summed E-state index contributed by atoms with van der Waals surface area (Å²) in [5.41, 5.74) is 12.4. The Bertz CT molecular complexity index is 3380. The molecule has 76 heavy (non-hydrogen) atoms. The number of carbonyl (C=O) groups excluding carboxylic acids is 2. The molecule has 0 aliphatic heterocycles. The number of carbonyl (C=O) groups is 2. The van der Waals surface area contributed by atoms with E-state index < -0.39 is 11.9 Å². The summed E-state index contributed by atoms with van der Waals surface area (Å²) >= 11 is 0. The van der Waals surface area contributed by atoms with E-state index in [1.54, 1.807) is 14.2 Å². The summed E-state index contributed by atoms with van der Waals surface area (Å²) in [6.45, 7) is 12.5. The van der Waals surface area contributed by atoms with Crippen LogP contribution in [0.4, 0.5) is 34.1 Å². The lowest BCUT2D eigenvalue weighted by molar-refractivity contribution is -0.138. The van der Waals surface area contributed by atoms with Crippen LogP contribution in [-0.4, -0.2) is 52.6 Å². The molecule has 9 aromatic carbocycles. The molecule has 0 aromatic heterocycles. The minimum atomic E-state index is -0.456. The highest BCUT2D eigenvalue weighted by atomic mass is 16.5. The average molecular weight is 1010 g/mol. The third-order valence-electron chi connectivity index (χ3n) is 13.2. The highest BCUT2D eigenvalue weighted by Crippen LogP contribution is 2.49. The van der Waals surface area contributed by atoms with Crippen molar-refractivity contribution in [3.8, 4) is 45.3 Å². The van der Waals surface area contributed by atoms with E-state index in [4.69, 9.17) is 28.4 Å². The molecule has 10 heteroatoms. The maximum Gasteiger partial charge on any atom is 0.330 e. The molecular weight excluding hydrogens is 949 g/mol. The fourth-order valence-electron chi connectivity index (χ4n) is 9.44. The van der Waals surface area contributed by atoms with Crippen molar-refractivity contribution >= 4 is 67.6 Å². The zero-order chi connectivity index (χ0) is 53.0. The number of aryl methyl sites for hydroxylation is 2. The Morgan fingerprint density at radius 3 is 1.05 bits per heavy atom. The van der Waals surface area contributed by atoms with Crippen LogP contribution in [0.25, 0.3) is 43.8 Å². The lowest BCUT2D eigenvalue weighted by Gasteiger charge is -2.28. The summed E-state index contributed by atoms with van der Waals surface area (Å²) in [6.07, 6.45) is 3.38. The van der Waals surface area contributed by atoms with E-state index in [9.17, 15) is 9.59 Å². The summed E-state index contributed by atoms with van der Waals surface area (Å²) in [5, 5.41) is 4.60. The number of nitrogens with zero attached hydrogens (tertiary/aromatic N) is 2. The van der Waals surface area contributed by atoms with Gasteiger partial charge in [-0.05, 0) is 190 Å². The van der Waals surface area contributed by atoms with Gasteiger partial charge in [0.25, 0.3) is 0 Å². The minimum absolute atomic E-state index is 0.236. The van der Waals surface area contributed by atoms with Crippen molar-refractivity contribution in [2.75, 3.05) is 50.4 Å². The Kier molecular flexibility index (Phi) is 16.4. The van der Waals surface area contributed by atoms with Crippen LogP contribution in [0, 0.1) is 13.8 Å². The smallest absolute Gasteiger partial charge is 0.330 e. The molecule has 0 radical (unpaired) electrons. The molecule has 9 aromatic rings. The Hall–Kier alpha value is -9.28. The largest absolute Gasteiger partial charge is 0.497 e. The van der Waals surface area contributed by atoms with E-state index in [1.807, 2.05) is 72.8 Å². The standard InChI is InChI=1S/C66H60N2O8/c1-7-63(69)75-41-13-39-73-55-35-27-49(28-36-55)68(50-29-37-56(38-30-50)74-40-14-42-76-64(70)8-2)52-22-20-46(4)62(44-52)66-60-18-12-10-16-58(60)57-15-9-11-17-59(57)65(66)61-43-51(21-19-45(61)3)67(47-23-31-53(71-5)32-24-47)48-25-33-54(72-6)34-26-48/h7-12,15-38,43-44H,1-2,13-14,39-42H2,3-6H3. The van der Waals surface area contributed by atoms with Gasteiger partial charge >= 0.3 is 11.9 Å². The van der Waals surface area contributed by atoms with Gasteiger partial charge in [-0.25, -0.2) is 9.59 Å². The van der Waals surface area contributed by atoms with Gasteiger partial charge in [0.15, 0.2) is 0 Å². The first-order valence-corrected chi connectivity index (χ1v) is 25.3. The monoisotopic (exact) mass is 1010 g/mol. The molecule has 0 amide bonds. The molecule has 0 unspecified atom stereocenters. The van der Waals surface area contributed by atoms with Crippen LogP contribution in [0.1, 0.15) is 24.0 Å². The molecule has 0 saturated heterocycles. The number of benzene rings is 9. The van der Waals surface area contributed by atoms with Gasteiger partial charge in [0.1, 0.15) is 23.0 Å². The molecule has 0 spiro atoms. The van der Waals surface area contributed by atoms with Crippen molar-refractivity contribution in [2.24, 2.45) is 0 Å². The Balaban J connectivity index is 1.18. The number of hydrogen-bond acceptors (Lipinski definition) is 10. The van der Waals surface area contributed by atoms with E-state index in [-0.39, 0.29) is 13.2 Å². The van der Waals surface area contributed by atoms with Crippen LogP contribution in [0.15, 0.2) is 207 Å². The number of fused-ring (bicyclic) bond motifs is 3. The molecular formula is C66H60N2O8. The van der Waals surface area contributed by atoms with Gasteiger partial charge < -0.3 is 38.2 Å². The highest BCUT2D eigenvalue weighted by Gasteiger charge is 2.24. The molecule has 0 saturated carbocycles. The van der Waals surface area contributed by atoms with Crippen molar-refractivity contribution in [3.05, 3.63) is 218 Å². The maximum absolute atomic E-state index is 11.6. The molecule has 0 heterocycles. The minimum Gasteiger partial charge on any atom is -0.497 e. The lowest BCUT2D eigenvalue weighted by atomic mass is 9.82. The molecule has 0 bridgehead atoms. The van der Waals surface area contributed by atoms with Crippen molar-refractivity contribution in [1.82, 2.24) is 0 Å². The van der Waals surface area contributed by atoms with Gasteiger partial charge in [0, 0.05) is 59.1 Å². The second-order valence-corrected chi connectivity index (χ2v) is 18.0. The number of hydrogen-bond donors (Lipinski definition) is 0. The first-order chi connectivity index (χ1) is 37.2. The molecule has 0 aliphatic carbocycles. The van der Waals surface area contributed by atoms with Gasteiger partial charge in [0.05, 0.1) is 40.6 Å². The molecule has 9 rings (SSSR count). The number of esters is 2. The Morgan fingerprint density at radius 1 is 0.408 bits per heavy atom. The normalized spacial score (nSPS) is 10.9. The van der Waals surface area contributed by atoms with Crippen molar-refractivity contribution < 1.29 is 38.0 Å². The number of ether oxygens (including phenoxy) is 6. The average Bonchev–Trinajstić information content (AvgIpc) is 3.57. The first kappa shape index (κ1) is 51.6. The molecule has 0 aliphatic rings. The number of rotatable bonds is 22. The molecule has 0 N–H and O–H groups in total. The predicted octanol–water partition coefficient (Wildman–Crippen LogP) is 15.9. The summed E-state index contributed by atoms with van der Waals surface area (Å²) in [5.74, 6) is 2.02. The van der Waals surface area contributed by atoms with Crippen LogP contribution >= 0.6 is 0 Å². The lowest BCUT2D eigenvalue weighted by Crippen LogP contribution is -2.11. The summed E-state index contributed by atoms with van der Waals surface area (Å²) < 4.78 is 33.6. The van der Waals surface area contributed by atoms with E-state index >= 15 is 0 Å². The van der Waals surface area contributed by atoms with Crippen LogP contribution in [0.5, 0.6) is 23.0 Å². The molecule has 0 fully saturated rings. The van der Waals surface area contributed by atoms with Crippen molar-refractivity contribution in [3.63, 3.8) is 0 Å². The Morgan fingerprint density at radius 2 is 0.724 bits per heavy atom. The SMILES string of the molecule is C=CC(=O)OCCCOc1ccc(N(c2ccc(OCCCOC(=O)C=C)cc2)c2ccc(C)c(-c3c(-c4cc(N(c5ccc(OC)cc5)c5ccc(OC)cc5)ccc4C)c4ccccc4c4ccccc34)c2)cc1. The molecule has 10 nitrogen and oxygen atoms in total. The van der Waals surface area contributed by atoms with Crippen LogP contribution in [0.2, 0.25) is 0 Å². The van der Waals surface area contributed by atoms with Gasteiger partial charge in [0.2, 0.25) is 0 Å². The first-order valence-electron chi connectivity index (χ1n) is 25.3. The van der Waals surface area contributed by atoms with Crippen LogP contribution < -0.4 is 28.7 Å². The zero-order valence-electron chi connectivity index (χ0n) is 43.3. The van der Waals surface area contributed by atoms with Crippen LogP contribution in [-0.2, 0) is 19.1 Å². The number of methoxy groups -OCH3 is 2. The quantitative estimate of drug-likeness (QED) is 0.0283. The second kappa shape index (κ2) is 24.2. The predicted molar refractivity (Wildman–Crippen MR) is 307 cm³/mol. The zero-order valence-corrected chi connectivity index (χ0v) is 43.3. The van der Waals surface area contributed by atoms with Gasteiger partial charge in [-0.2, -0.15) is 0 Å². The topological polar surface area (TPSA) is 96.0 Å². The fourth-order valence-corrected chi connectivity index (χ4v) is 9.44.